The summed E-state index contributed by atoms with van der Waals surface area (Å²) < 4.78 is 0. The van der Waals surface area contributed by atoms with Crippen LogP contribution in [0.2, 0.25) is 0 Å². The van der Waals surface area contributed by atoms with Gasteiger partial charge in [0.2, 0.25) is 0 Å². The lowest BCUT2D eigenvalue weighted by molar-refractivity contribution is 1.65. The first-order chi connectivity index (χ1) is 24.8. The number of hydrogen-bond acceptors (Lipinski definition) is 0. The first-order valence-electron chi connectivity index (χ1n) is 17.2. The summed E-state index contributed by atoms with van der Waals surface area (Å²) in [5.41, 5.74) is 9.71. The molecular formula is C50H34. The highest BCUT2D eigenvalue weighted by atomic mass is 14.2. The highest BCUT2D eigenvalue weighted by Crippen LogP contribution is 2.49. The Hall–Kier alpha value is -6.50. The molecule has 50 heavy (non-hydrogen) atoms. The van der Waals surface area contributed by atoms with Gasteiger partial charge in [0.25, 0.3) is 0 Å². The van der Waals surface area contributed by atoms with E-state index in [1.165, 1.54) is 92.8 Å². The maximum Gasteiger partial charge on any atom is -0.00139 e. The summed E-state index contributed by atoms with van der Waals surface area (Å²) in [6, 6.07) is 59.9. The zero-order valence-electron chi connectivity index (χ0n) is 27.7. The zero-order chi connectivity index (χ0) is 33.6. The highest BCUT2D eigenvalue weighted by molar-refractivity contribution is 6.30. The highest BCUT2D eigenvalue weighted by Gasteiger charge is 2.22. The second kappa shape index (κ2) is 12.2. The van der Waals surface area contributed by atoms with E-state index in [0.29, 0.717) is 0 Å². The normalized spacial score (nSPS) is 11.9. The Labute approximate surface area is 292 Å². The fourth-order valence-corrected chi connectivity index (χ4v) is 8.18. The van der Waals surface area contributed by atoms with E-state index in [4.69, 9.17) is 0 Å². The predicted octanol–water partition coefficient (Wildman–Crippen LogP) is 14.2. The van der Waals surface area contributed by atoms with E-state index in [2.05, 4.69) is 183 Å². The summed E-state index contributed by atoms with van der Waals surface area (Å²) in [6.45, 7) is 8.20. The van der Waals surface area contributed by atoms with Gasteiger partial charge in [-0.2, -0.15) is 0 Å². The fraction of sp³-hybridized carbons (Fsp3) is 0. The van der Waals surface area contributed by atoms with Gasteiger partial charge in [-0.05, 0) is 98.4 Å². The van der Waals surface area contributed by atoms with Gasteiger partial charge in [-0.3, -0.25) is 0 Å². The van der Waals surface area contributed by atoms with Crippen molar-refractivity contribution in [3.63, 3.8) is 0 Å². The minimum atomic E-state index is 1.07. The van der Waals surface area contributed by atoms with Crippen molar-refractivity contribution in [2.75, 3.05) is 0 Å². The summed E-state index contributed by atoms with van der Waals surface area (Å²) in [6.07, 6.45) is 5.85. The van der Waals surface area contributed by atoms with E-state index in [0.717, 1.165) is 5.57 Å². The first kappa shape index (κ1) is 29.6. The Morgan fingerprint density at radius 1 is 0.360 bits per heavy atom. The Bertz CT molecular complexity index is 2760. The van der Waals surface area contributed by atoms with E-state index in [1.807, 2.05) is 12.2 Å². The average molecular weight is 635 g/mol. The molecule has 234 valence electrons. The Balaban J connectivity index is 1.48. The monoisotopic (exact) mass is 634 g/mol. The second-order valence-electron chi connectivity index (χ2n) is 12.8. The quantitative estimate of drug-likeness (QED) is 0.0970. The minimum absolute atomic E-state index is 1.07. The van der Waals surface area contributed by atoms with Crippen molar-refractivity contribution >= 4 is 59.4 Å². The fourth-order valence-electron chi connectivity index (χ4n) is 8.18. The molecule has 0 saturated carbocycles. The van der Waals surface area contributed by atoms with E-state index in [-0.39, 0.29) is 0 Å². The lowest BCUT2D eigenvalue weighted by atomic mass is 9.81. The third kappa shape index (κ3) is 4.54. The molecule has 0 aliphatic rings. The van der Waals surface area contributed by atoms with Gasteiger partial charge in [-0.15, -0.1) is 0 Å². The van der Waals surface area contributed by atoms with Gasteiger partial charge < -0.3 is 0 Å². The number of fused-ring (bicyclic) bond motifs is 6. The van der Waals surface area contributed by atoms with Gasteiger partial charge in [0.15, 0.2) is 0 Å². The van der Waals surface area contributed by atoms with Crippen LogP contribution in [0.15, 0.2) is 195 Å². The summed E-state index contributed by atoms with van der Waals surface area (Å²) in [5, 5.41) is 12.4. The summed E-state index contributed by atoms with van der Waals surface area (Å²) in [4.78, 5) is 0. The second-order valence-corrected chi connectivity index (χ2v) is 12.8. The van der Waals surface area contributed by atoms with E-state index < -0.39 is 0 Å². The molecule has 9 aromatic rings. The lowest BCUT2D eigenvalue weighted by Gasteiger charge is -2.21. The van der Waals surface area contributed by atoms with Crippen LogP contribution < -0.4 is 0 Å². The predicted molar refractivity (Wildman–Crippen MR) is 219 cm³/mol. The molecule has 0 spiro atoms. The average Bonchev–Trinajstić information content (AvgIpc) is 3.18. The van der Waals surface area contributed by atoms with Crippen molar-refractivity contribution in [2.45, 2.75) is 0 Å². The largest absolute Gasteiger partial charge is 0.0990 e. The van der Waals surface area contributed by atoms with Crippen LogP contribution in [0.3, 0.4) is 0 Å². The molecule has 0 N–H and O–H groups in total. The Morgan fingerprint density at radius 2 is 0.820 bits per heavy atom. The molecule has 0 saturated heterocycles. The first-order valence-corrected chi connectivity index (χ1v) is 17.2. The molecule has 0 unspecified atom stereocenters. The third-order valence-electron chi connectivity index (χ3n) is 10.2. The van der Waals surface area contributed by atoms with Crippen molar-refractivity contribution in [1.82, 2.24) is 0 Å². The molecule has 0 heterocycles. The molecule has 9 aromatic carbocycles. The number of hydrogen-bond donors (Lipinski definition) is 0. The zero-order valence-corrected chi connectivity index (χ0v) is 27.7. The van der Waals surface area contributed by atoms with Crippen LogP contribution in [0.25, 0.3) is 92.8 Å². The van der Waals surface area contributed by atoms with Crippen molar-refractivity contribution in [3.8, 4) is 33.4 Å². The van der Waals surface area contributed by atoms with E-state index >= 15 is 0 Å². The van der Waals surface area contributed by atoms with Crippen LogP contribution in [0, 0.1) is 0 Å². The van der Waals surface area contributed by atoms with E-state index in [9.17, 15) is 0 Å². The standard InChI is InChI=1S/C50H34/c1-3-18-33(4-2)46-40-24-12-15-27-43(40)49(44-28-16-13-25-41(44)46)37-29-17-30-38-36(37)31-32-45-47(34-19-7-5-8-20-34)39-23-11-14-26-42(39)48(50(38)45)35-21-9-6-10-22-35/h3-32H,1-2H2/b33-18+. The minimum Gasteiger partial charge on any atom is -0.0990 e. The van der Waals surface area contributed by atoms with Crippen molar-refractivity contribution in [2.24, 2.45) is 0 Å². The van der Waals surface area contributed by atoms with Gasteiger partial charge in [0.05, 0.1) is 0 Å². The lowest BCUT2D eigenvalue weighted by Crippen LogP contribution is -1.95. The molecule has 9 rings (SSSR count). The van der Waals surface area contributed by atoms with Crippen LogP contribution in [0.1, 0.15) is 5.56 Å². The summed E-state index contributed by atoms with van der Waals surface area (Å²) in [7, 11) is 0. The van der Waals surface area contributed by atoms with Gasteiger partial charge in [-0.1, -0.05) is 195 Å². The molecule has 0 aliphatic heterocycles. The van der Waals surface area contributed by atoms with Crippen LogP contribution in [0.5, 0.6) is 0 Å². The van der Waals surface area contributed by atoms with Crippen LogP contribution >= 0.6 is 0 Å². The summed E-state index contributed by atoms with van der Waals surface area (Å²) in [5.74, 6) is 0. The van der Waals surface area contributed by atoms with Crippen molar-refractivity contribution < 1.29 is 0 Å². The molecule has 0 aliphatic carbocycles. The SMILES string of the molecule is C=C/C=C(\C=C)c1c2ccccc2c(-c2cccc3c2ccc2c(-c4ccccc4)c4ccccc4c(-c4ccccc4)c23)c2ccccc12. The van der Waals surface area contributed by atoms with Crippen LogP contribution in [0.4, 0.5) is 0 Å². The van der Waals surface area contributed by atoms with E-state index in [1.54, 1.807) is 0 Å². The number of benzene rings is 9. The molecule has 0 amide bonds. The smallest absolute Gasteiger partial charge is 0.00139 e. The molecular weight excluding hydrogens is 601 g/mol. The number of rotatable bonds is 6. The van der Waals surface area contributed by atoms with Gasteiger partial charge in [0, 0.05) is 0 Å². The molecule has 0 nitrogen and oxygen atoms in total. The Morgan fingerprint density at radius 3 is 1.38 bits per heavy atom. The maximum atomic E-state index is 4.19. The third-order valence-corrected chi connectivity index (χ3v) is 10.2. The van der Waals surface area contributed by atoms with Crippen LogP contribution in [-0.2, 0) is 0 Å². The van der Waals surface area contributed by atoms with Crippen LogP contribution in [-0.4, -0.2) is 0 Å². The van der Waals surface area contributed by atoms with Crippen molar-refractivity contribution in [1.29, 1.82) is 0 Å². The molecule has 0 aromatic heterocycles. The molecule has 0 heteroatoms. The molecule has 0 bridgehead atoms. The summed E-state index contributed by atoms with van der Waals surface area (Å²) >= 11 is 0. The van der Waals surface area contributed by atoms with Crippen molar-refractivity contribution in [3.05, 3.63) is 201 Å². The Kier molecular flexibility index (Phi) is 7.22. The molecule has 0 atom stereocenters. The topological polar surface area (TPSA) is 0 Å². The van der Waals surface area contributed by atoms with Gasteiger partial charge in [0.1, 0.15) is 0 Å². The molecule has 0 radical (unpaired) electrons. The maximum absolute atomic E-state index is 4.19. The van der Waals surface area contributed by atoms with Gasteiger partial charge in [-0.25, -0.2) is 0 Å². The van der Waals surface area contributed by atoms with Gasteiger partial charge >= 0.3 is 0 Å². The number of allylic oxidation sites excluding steroid dienone is 4. The molecule has 0 fully saturated rings.